The largest absolute Gasteiger partial charge is 0.298 e. The highest BCUT2D eigenvalue weighted by molar-refractivity contribution is 5.61. The van der Waals surface area contributed by atoms with Crippen LogP contribution in [0.3, 0.4) is 0 Å². The highest BCUT2D eigenvalue weighted by Crippen LogP contribution is 2.14. The zero-order valence-corrected chi connectivity index (χ0v) is 11.6. The molecule has 0 spiro atoms. The number of hydrogen-bond acceptors (Lipinski definition) is 2. The van der Waals surface area contributed by atoms with E-state index in [0.29, 0.717) is 0 Å². The molecule has 0 atom stereocenters. The Hall–Kier alpha value is -1.93. The first kappa shape index (κ1) is 13.5. The number of aromatic nitrogens is 1. The first-order valence-corrected chi connectivity index (χ1v) is 6.47. The van der Waals surface area contributed by atoms with Gasteiger partial charge in [0.25, 0.3) is 0 Å². The van der Waals surface area contributed by atoms with E-state index in [0.717, 1.165) is 18.7 Å². The minimum Gasteiger partial charge on any atom is -0.298 e. The average molecular weight is 252 g/mol. The number of hydrogen-bond donors (Lipinski definition) is 0. The topological polar surface area (TPSA) is 16.1 Å². The molecule has 0 saturated carbocycles. The van der Waals surface area contributed by atoms with Crippen LogP contribution in [0.4, 0.5) is 0 Å². The molecular weight excluding hydrogens is 232 g/mol. The van der Waals surface area contributed by atoms with E-state index in [1.807, 2.05) is 19.3 Å². The first-order valence-electron chi connectivity index (χ1n) is 6.47. The number of rotatable bonds is 5. The van der Waals surface area contributed by atoms with Crippen molar-refractivity contribution >= 4 is 5.57 Å². The molecule has 0 saturated heterocycles. The predicted molar refractivity (Wildman–Crippen MR) is 80.6 cm³/mol. The fraction of sp³-hybridized carbons (Fsp3) is 0.235. The highest BCUT2D eigenvalue weighted by atomic mass is 15.1. The molecule has 2 rings (SSSR count). The van der Waals surface area contributed by atoms with E-state index >= 15 is 0 Å². The Kier molecular flexibility index (Phi) is 4.48. The van der Waals surface area contributed by atoms with Gasteiger partial charge in [-0.15, -0.1) is 0 Å². The van der Waals surface area contributed by atoms with Gasteiger partial charge in [-0.2, -0.15) is 0 Å². The summed E-state index contributed by atoms with van der Waals surface area (Å²) in [6.45, 7) is 7.87. The number of pyridine rings is 1. The quantitative estimate of drug-likeness (QED) is 0.805. The summed E-state index contributed by atoms with van der Waals surface area (Å²) in [6.07, 6.45) is 3.68. The predicted octanol–water partition coefficient (Wildman–Crippen LogP) is 3.75. The van der Waals surface area contributed by atoms with Gasteiger partial charge in [-0.25, -0.2) is 0 Å². The highest BCUT2D eigenvalue weighted by Gasteiger charge is 2.02. The van der Waals surface area contributed by atoms with Gasteiger partial charge in [0, 0.05) is 25.5 Å². The molecular formula is C17H20N2. The van der Waals surface area contributed by atoms with Crippen LogP contribution in [0.5, 0.6) is 0 Å². The van der Waals surface area contributed by atoms with Gasteiger partial charge in [-0.1, -0.05) is 36.4 Å². The minimum atomic E-state index is 0.935. The standard InChI is InChI=1S/C17H20N2/c1-14(2)17-6-4-15(5-7-17)12-19(3)13-16-8-10-18-11-9-16/h4-11H,1,12-13H2,2-3H3. The van der Waals surface area contributed by atoms with Crippen molar-refractivity contribution in [1.29, 1.82) is 0 Å². The molecule has 98 valence electrons. The molecule has 0 aliphatic rings. The van der Waals surface area contributed by atoms with E-state index in [-0.39, 0.29) is 0 Å². The van der Waals surface area contributed by atoms with Gasteiger partial charge in [0.15, 0.2) is 0 Å². The van der Waals surface area contributed by atoms with Crippen LogP contribution in [-0.4, -0.2) is 16.9 Å². The summed E-state index contributed by atoms with van der Waals surface area (Å²) in [5.74, 6) is 0. The van der Waals surface area contributed by atoms with Crippen molar-refractivity contribution in [3.05, 3.63) is 72.1 Å². The molecule has 1 heterocycles. The van der Waals surface area contributed by atoms with Gasteiger partial charge in [-0.3, -0.25) is 9.88 Å². The molecule has 0 unspecified atom stereocenters. The molecule has 1 aromatic heterocycles. The lowest BCUT2D eigenvalue weighted by atomic mass is 10.1. The number of allylic oxidation sites excluding steroid dienone is 1. The molecule has 19 heavy (non-hydrogen) atoms. The van der Waals surface area contributed by atoms with Gasteiger partial charge in [0.05, 0.1) is 0 Å². The van der Waals surface area contributed by atoms with Crippen LogP contribution in [0, 0.1) is 0 Å². The Bertz CT molecular complexity index is 529. The molecule has 0 fully saturated rings. The average Bonchev–Trinajstić information content (AvgIpc) is 2.40. The van der Waals surface area contributed by atoms with Crippen LogP contribution >= 0.6 is 0 Å². The molecule has 2 heteroatoms. The summed E-state index contributed by atoms with van der Waals surface area (Å²) in [7, 11) is 2.13. The maximum absolute atomic E-state index is 4.04. The van der Waals surface area contributed by atoms with E-state index in [9.17, 15) is 0 Å². The summed E-state index contributed by atoms with van der Waals surface area (Å²) in [5, 5.41) is 0. The van der Waals surface area contributed by atoms with E-state index in [1.165, 1.54) is 16.7 Å². The lowest BCUT2D eigenvalue weighted by Crippen LogP contribution is -2.17. The second kappa shape index (κ2) is 6.30. The fourth-order valence-corrected chi connectivity index (χ4v) is 2.06. The number of nitrogens with zero attached hydrogens (tertiary/aromatic N) is 2. The van der Waals surface area contributed by atoms with Crippen molar-refractivity contribution in [2.24, 2.45) is 0 Å². The third kappa shape index (κ3) is 4.04. The molecule has 0 N–H and O–H groups in total. The summed E-state index contributed by atoms with van der Waals surface area (Å²) >= 11 is 0. The van der Waals surface area contributed by atoms with Gasteiger partial charge in [0.1, 0.15) is 0 Å². The van der Waals surface area contributed by atoms with Gasteiger partial charge in [0.2, 0.25) is 0 Å². The Morgan fingerprint density at radius 1 is 1.00 bits per heavy atom. The maximum atomic E-state index is 4.04. The van der Waals surface area contributed by atoms with Crippen molar-refractivity contribution in [2.45, 2.75) is 20.0 Å². The van der Waals surface area contributed by atoms with Gasteiger partial charge >= 0.3 is 0 Å². The fourth-order valence-electron chi connectivity index (χ4n) is 2.06. The van der Waals surface area contributed by atoms with Crippen molar-refractivity contribution in [3.63, 3.8) is 0 Å². The smallest absolute Gasteiger partial charge is 0.0271 e. The van der Waals surface area contributed by atoms with Crippen LogP contribution in [0.25, 0.3) is 5.57 Å². The lowest BCUT2D eigenvalue weighted by Gasteiger charge is -2.17. The molecule has 0 aliphatic heterocycles. The maximum Gasteiger partial charge on any atom is 0.0271 e. The summed E-state index contributed by atoms with van der Waals surface area (Å²) < 4.78 is 0. The zero-order chi connectivity index (χ0) is 13.7. The van der Waals surface area contributed by atoms with Gasteiger partial charge in [-0.05, 0) is 42.8 Å². The van der Waals surface area contributed by atoms with E-state index < -0.39 is 0 Å². The molecule has 2 aromatic rings. The Morgan fingerprint density at radius 2 is 1.53 bits per heavy atom. The molecule has 2 nitrogen and oxygen atoms in total. The normalized spacial score (nSPS) is 10.7. The summed E-state index contributed by atoms with van der Waals surface area (Å²) in [5.41, 5.74) is 4.93. The number of benzene rings is 1. The SMILES string of the molecule is C=C(C)c1ccc(CN(C)Cc2ccncc2)cc1. The molecule has 0 amide bonds. The van der Waals surface area contributed by atoms with Crippen molar-refractivity contribution in [3.8, 4) is 0 Å². The molecule has 1 aromatic carbocycles. The first-order chi connectivity index (χ1) is 9.15. The van der Waals surface area contributed by atoms with Crippen molar-refractivity contribution < 1.29 is 0 Å². The van der Waals surface area contributed by atoms with E-state index in [2.05, 4.69) is 59.9 Å². The van der Waals surface area contributed by atoms with Crippen LogP contribution in [-0.2, 0) is 13.1 Å². The van der Waals surface area contributed by atoms with Crippen LogP contribution in [0.15, 0.2) is 55.4 Å². The molecule has 0 radical (unpaired) electrons. The van der Waals surface area contributed by atoms with Crippen LogP contribution in [0.1, 0.15) is 23.6 Å². The van der Waals surface area contributed by atoms with Crippen molar-refractivity contribution in [2.75, 3.05) is 7.05 Å². The van der Waals surface area contributed by atoms with Crippen molar-refractivity contribution in [1.82, 2.24) is 9.88 Å². The van der Waals surface area contributed by atoms with Gasteiger partial charge < -0.3 is 0 Å². The Morgan fingerprint density at radius 3 is 2.05 bits per heavy atom. The van der Waals surface area contributed by atoms with E-state index in [4.69, 9.17) is 0 Å². The van der Waals surface area contributed by atoms with Crippen LogP contribution in [0.2, 0.25) is 0 Å². The Balaban J connectivity index is 1.95. The van der Waals surface area contributed by atoms with Crippen LogP contribution < -0.4 is 0 Å². The second-order valence-corrected chi connectivity index (χ2v) is 5.01. The lowest BCUT2D eigenvalue weighted by molar-refractivity contribution is 0.319. The molecule has 0 bridgehead atoms. The third-order valence-corrected chi connectivity index (χ3v) is 3.10. The summed E-state index contributed by atoms with van der Waals surface area (Å²) in [4.78, 5) is 6.33. The summed E-state index contributed by atoms with van der Waals surface area (Å²) in [6, 6.07) is 12.7. The zero-order valence-electron chi connectivity index (χ0n) is 11.6. The minimum absolute atomic E-state index is 0.935. The van der Waals surface area contributed by atoms with E-state index in [1.54, 1.807) is 0 Å². The third-order valence-electron chi connectivity index (χ3n) is 3.10. The molecule has 0 aliphatic carbocycles. The second-order valence-electron chi connectivity index (χ2n) is 5.01. The monoisotopic (exact) mass is 252 g/mol. The Labute approximate surface area is 115 Å².